The number of aryl methyl sites for hydroxylation is 1. The van der Waals surface area contributed by atoms with E-state index in [4.69, 9.17) is 9.47 Å². The molecule has 5 heteroatoms. The third kappa shape index (κ3) is 5.20. The van der Waals surface area contributed by atoms with Crippen molar-refractivity contribution in [3.05, 3.63) is 59.2 Å². The van der Waals surface area contributed by atoms with E-state index in [1.165, 1.54) is 11.1 Å². The van der Waals surface area contributed by atoms with Crippen LogP contribution in [0, 0.1) is 6.92 Å². The minimum atomic E-state index is -0.122. The highest BCUT2D eigenvalue weighted by Crippen LogP contribution is 2.22. The third-order valence-corrected chi connectivity index (χ3v) is 4.67. The zero-order valence-electron chi connectivity index (χ0n) is 14.3. The van der Waals surface area contributed by atoms with E-state index in [1.54, 1.807) is 32.4 Å². The monoisotopic (exact) mass is 345 g/mol. The van der Waals surface area contributed by atoms with E-state index in [1.807, 2.05) is 17.8 Å². The largest absolute Gasteiger partial charge is 0.497 e. The normalized spacial score (nSPS) is 10.3. The second kappa shape index (κ2) is 9.23. The quantitative estimate of drug-likeness (QED) is 0.742. The van der Waals surface area contributed by atoms with E-state index < -0.39 is 0 Å². The fraction of sp³-hybridized carbons (Fsp3) is 0.316. The molecular formula is C19H23NO3S. The molecule has 0 atom stereocenters. The van der Waals surface area contributed by atoms with Gasteiger partial charge in [0.05, 0.1) is 14.2 Å². The predicted molar refractivity (Wildman–Crippen MR) is 99.2 cm³/mol. The maximum absolute atomic E-state index is 12.2. The number of carbonyl (C=O) groups excluding carboxylic acids is 1. The molecule has 0 bridgehead atoms. The summed E-state index contributed by atoms with van der Waals surface area (Å²) in [4.78, 5) is 12.2. The summed E-state index contributed by atoms with van der Waals surface area (Å²) >= 11 is 1.81. The molecule has 2 rings (SSSR count). The van der Waals surface area contributed by atoms with Crippen LogP contribution in [0.5, 0.6) is 11.5 Å². The van der Waals surface area contributed by atoms with Crippen LogP contribution in [0.4, 0.5) is 0 Å². The number of methoxy groups -OCH3 is 2. The molecule has 0 fully saturated rings. The Morgan fingerprint density at radius 1 is 1.08 bits per heavy atom. The summed E-state index contributed by atoms with van der Waals surface area (Å²) in [6, 6.07) is 13.5. The molecule has 0 saturated carbocycles. The van der Waals surface area contributed by atoms with Crippen molar-refractivity contribution in [2.75, 3.05) is 26.5 Å². The number of thioether (sulfide) groups is 1. The Bertz CT molecular complexity index is 666. The number of ether oxygens (including phenoxy) is 2. The fourth-order valence-corrected chi connectivity index (χ4v) is 3.17. The van der Waals surface area contributed by atoms with Crippen molar-refractivity contribution >= 4 is 17.7 Å². The number of nitrogens with one attached hydrogen (secondary N) is 1. The summed E-state index contributed by atoms with van der Waals surface area (Å²) in [5.74, 6) is 2.90. The molecule has 1 amide bonds. The SMILES string of the molecule is COc1cc(OC)cc(C(=O)NCCSCc2ccccc2C)c1. The second-order valence-electron chi connectivity index (χ2n) is 5.34. The van der Waals surface area contributed by atoms with Crippen LogP contribution in [0.1, 0.15) is 21.5 Å². The minimum Gasteiger partial charge on any atom is -0.497 e. The molecule has 128 valence electrons. The van der Waals surface area contributed by atoms with Crippen LogP contribution in [-0.2, 0) is 5.75 Å². The summed E-state index contributed by atoms with van der Waals surface area (Å²) in [6.07, 6.45) is 0. The van der Waals surface area contributed by atoms with E-state index in [-0.39, 0.29) is 5.91 Å². The Hall–Kier alpha value is -2.14. The molecule has 0 saturated heterocycles. The van der Waals surface area contributed by atoms with Crippen LogP contribution in [-0.4, -0.2) is 32.4 Å². The van der Waals surface area contributed by atoms with Gasteiger partial charge >= 0.3 is 0 Å². The van der Waals surface area contributed by atoms with Gasteiger partial charge in [-0.3, -0.25) is 4.79 Å². The highest BCUT2D eigenvalue weighted by atomic mass is 32.2. The van der Waals surface area contributed by atoms with Crippen LogP contribution in [0.2, 0.25) is 0 Å². The molecule has 4 nitrogen and oxygen atoms in total. The zero-order valence-corrected chi connectivity index (χ0v) is 15.1. The van der Waals surface area contributed by atoms with Gasteiger partial charge in [-0.05, 0) is 30.2 Å². The van der Waals surface area contributed by atoms with Crippen LogP contribution in [0.15, 0.2) is 42.5 Å². The Labute approximate surface area is 147 Å². The summed E-state index contributed by atoms with van der Waals surface area (Å²) < 4.78 is 10.4. The number of hydrogen-bond acceptors (Lipinski definition) is 4. The lowest BCUT2D eigenvalue weighted by Crippen LogP contribution is -2.25. The van der Waals surface area contributed by atoms with Crippen LogP contribution in [0.3, 0.4) is 0 Å². The van der Waals surface area contributed by atoms with Gasteiger partial charge in [0.2, 0.25) is 0 Å². The fourth-order valence-electron chi connectivity index (χ4n) is 2.23. The van der Waals surface area contributed by atoms with Crippen molar-refractivity contribution in [2.45, 2.75) is 12.7 Å². The summed E-state index contributed by atoms with van der Waals surface area (Å²) in [5.41, 5.74) is 3.18. The standard InChI is InChI=1S/C19H23NO3S/c1-14-6-4-5-7-15(14)13-24-9-8-20-19(21)16-10-17(22-2)12-18(11-16)23-3/h4-7,10-12H,8-9,13H2,1-3H3,(H,20,21). The molecular weight excluding hydrogens is 322 g/mol. The Kier molecular flexibility index (Phi) is 7.00. The number of benzene rings is 2. The lowest BCUT2D eigenvalue weighted by molar-refractivity contribution is 0.0955. The van der Waals surface area contributed by atoms with E-state index in [0.717, 1.165) is 11.5 Å². The molecule has 0 aromatic heterocycles. The average Bonchev–Trinajstić information content (AvgIpc) is 2.62. The lowest BCUT2D eigenvalue weighted by atomic mass is 10.1. The first-order chi connectivity index (χ1) is 11.6. The van der Waals surface area contributed by atoms with Crippen molar-refractivity contribution in [1.82, 2.24) is 5.32 Å². The summed E-state index contributed by atoms with van der Waals surface area (Å²) in [5, 5.41) is 2.93. The smallest absolute Gasteiger partial charge is 0.251 e. The number of amides is 1. The third-order valence-electron chi connectivity index (χ3n) is 3.66. The first-order valence-electron chi connectivity index (χ1n) is 7.77. The van der Waals surface area contributed by atoms with Gasteiger partial charge in [-0.25, -0.2) is 0 Å². The second-order valence-corrected chi connectivity index (χ2v) is 6.44. The zero-order chi connectivity index (χ0) is 17.4. The van der Waals surface area contributed by atoms with Crippen molar-refractivity contribution < 1.29 is 14.3 Å². The summed E-state index contributed by atoms with van der Waals surface area (Å²) in [7, 11) is 3.14. The molecule has 2 aromatic carbocycles. The number of carbonyl (C=O) groups is 1. The van der Waals surface area contributed by atoms with Gasteiger partial charge in [-0.15, -0.1) is 0 Å². The van der Waals surface area contributed by atoms with Gasteiger partial charge < -0.3 is 14.8 Å². The van der Waals surface area contributed by atoms with Crippen LogP contribution in [0.25, 0.3) is 0 Å². The maximum atomic E-state index is 12.2. The highest BCUT2D eigenvalue weighted by Gasteiger charge is 2.09. The van der Waals surface area contributed by atoms with Crippen LogP contribution < -0.4 is 14.8 Å². The molecule has 0 aliphatic carbocycles. The van der Waals surface area contributed by atoms with Crippen molar-refractivity contribution in [1.29, 1.82) is 0 Å². The van der Waals surface area contributed by atoms with Gasteiger partial charge in [0.1, 0.15) is 11.5 Å². The summed E-state index contributed by atoms with van der Waals surface area (Å²) in [6.45, 7) is 2.74. The van der Waals surface area contributed by atoms with Gasteiger partial charge in [0.15, 0.2) is 0 Å². The topological polar surface area (TPSA) is 47.6 Å². The predicted octanol–water partition coefficient (Wildman–Crippen LogP) is 3.68. The Morgan fingerprint density at radius 3 is 2.38 bits per heavy atom. The Morgan fingerprint density at radius 2 is 1.75 bits per heavy atom. The van der Waals surface area contributed by atoms with Gasteiger partial charge in [-0.1, -0.05) is 24.3 Å². The Balaban J connectivity index is 1.80. The number of hydrogen-bond donors (Lipinski definition) is 1. The molecule has 0 unspecified atom stereocenters. The first kappa shape index (κ1) is 18.2. The highest BCUT2D eigenvalue weighted by molar-refractivity contribution is 7.98. The van der Waals surface area contributed by atoms with Crippen LogP contribution >= 0.6 is 11.8 Å². The van der Waals surface area contributed by atoms with Gasteiger partial charge in [0.25, 0.3) is 5.91 Å². The molecule has 0 aliphatic heterocycles. The average molecular weight is 345 g/mol. The minimum absolute atomic E-state index is 0.122. The van der Waals surface area contributed by atoms with E-state index >= 15 is 0 Å². The molecule has 0 radical (unpaired) electrons. The van der Waals surface area contributed by atoms with Gasteiger partial charge in [0, 0.05) is 29.7 Å². The number of rotatable bonds is 8. The van der Waals surface area contributed by atoms with Gasteiger partial charge in [-0.2, -0.15) is 11.8 Å². The molecule has 24 heavy (non-hydrogen) atoms. The lowest BCUT2D eigenvalue weighted by Gasteiger charge is -2.09. The van der Waals surface area contributed by atoms with E-state index in [0.29, 0.717) is 23.6 Å². The first-order valence-corrected chi connectivity index (χ1v) is 8.93. The molecule has 0 heterocycles. The molecule has 1 N–H and O–H groups in total. The van der Waals surface area contributed by atoms with E-state index in [2.05, 4.69) is 30.4 Å². The molecule has 0 spiro atoms. The van der Waals surface area contributed by atoms with E-state index in [9.17, 15) is 4.79 Å². The molecule has 0 aliphatic rings. The molecule has 2 aromatic rings. The van der Waals surface area contributed by atoms with Crippen molar-refractivity contribution in [2.24, 2.45) is 0 Å². The van der Waals surface area contributed by atoms with Crippen molar-refractivity contribution in [3.8, 4) is 11.5 Å². The van der Waals surface area contributed by atoms with Crippen molar-refractivity contribution in [3.63, 3.8) is 0 Å². The maximum Gasteiger partial charge on any atom is 0.251 e.